The minimum atomic E-state index is -0.554. The van der Waals surface area contributed by atoms with Crippen molar-refractivity contribution < 1.29 is 14.5 Å². The molecule has 7 nitrogen and oxygen atoms in total. The molecular formula is C14H21N3O4. The Morgan fingerprint density at radius 2 is 2.19 bits per heavy atom. The predicted molar refractivity (Wildman–Crippen MR) is 79.5 cm³/mol. The molecule has 0 heterocycles. The first kappa shape index (κ1) is 16.9. The fourth-order valence-corrected chi connectivity index (χ4v) is 1.73. The number of carbonyl (C=O) groups is 1. The first-order valence-corrected chi connectivity index (χ1v) is 6.95. The maximum Gasteiger partial charge on any atom is 0.311 e. The van der Waals surface area contributed by atoms with Crippen LogP contribution in [0.25, 0.3) is 0 Å². The standard InChI is InChI=1S/C14H21N3O4/c1-3-7-21-13-6-5-10(8-12(13)17(19)20)14(18)16-11(4-2)9-15/h5-6,8,11H,3-4,7,9,15H2,1-2H3,(H,16,18). The highest BCUT2D eigenvalue weighted by atomic mass is 16.6. The molecule has 0 saturated heterocycles. The summed E-state index contributed by atoms with van der Waals surface area (Å²) in [7, 11) is 0. The Hall–Kier alpha value is -2.15. The summed E-state index contributed by atoms with van der Waals surface area (Å²) in [6, 6.07) is 4.04. The smallest absolute Gasteiger partial charge is 0.311 e. The number of benzene rings is 1. The number of nitro groups is 1. The van der Waals surface area contributed by atoms with E-state index in [1.54, 1.807) is 0 Å². The van der Waals surface area contributed by atoms with Crippen molar-refractivity contribution >= 4 is 11.6 Å². The average molecular weight is 295 g/mol. The van der Waals surface area contributed by atoms with E-state index >= 15 is 0 Å². The molecular weight excluding hydrogens is 274 g/mol. The molecule has 0 aliphatic carbocycles. The largest absolute Gasteiger partial charge is 0.487 e. The third kappa shape index (κ3) is 4.71. The van der Waals surface area contributed by atoms with Crippen LogP contribution in [-0.2, 0) is 0 Å². The van der Waals surface area contributed by atoms with E-state index in [9.17, 15) is 14.9 Å². The molecule has 0 saturated carbocycles. The summed E-state index contributed by atoms with van der Waals surface area (Å²) in [4.78, 5) is 22.6. The van der Waals surface area contributed by atoms with E-state index in [-0.39, 0.29) is 28.9 Å². The van der Waals surface area contributed by atoms with Crippen LogP contribution in [0.4, 0.5) is 5.69 Å². The van der Waals surface area contributed by atoms with Gasteiger partial charge in [0.25, 0.3) is 5.91 Å². The van der Waals surface area contributed by atoms with Gasteiger partial charge in [0, 0.05) is 24.2 Å². The second-order valence-corrected chi connectivity index (χ2v) is 4.60. The van der Waals surface area contributed by atoms with Gasteiger partial charge in [-0.1, -0.05) is 13.8 Å². The Balaban J connectivity index is 2.96. The van der Waals surface area contributed by atoms with Crippen LogP contribution in [0.1, 0.15) is 37.0 Å². The highest BCUT2D eigenvalue weighted by Gasteiger charge is 2.19. The number of nitrogens with two attached hydrogens (primary N) is 1. The van der Waals surface area contributed by atoms with Crippen LogP contribution in [0.15, 0.2) is 18.2 Å². The summed E-state index contributed by atoms with van der Waals surface area (Å²) < 4.78 is 5.31. The summed E-state index contributed by atoms with van der Waals surface area (Å²) in [6.45, 7) is 4.52. The van der Waals surface area contributed by atoms with Crippen molar-refractivity contribution in [2.24, 2.45) is 5.73 Å². The monoisotopic (exact) mass is 295 g/mol. The van der Waals surface area contributed by atoms with Gasteiger partial charge in [0.15, 0.2) is 5.75 Å². The second-order valence-electron chi connectivity index (χ2n) is 4.60. The molecule has 0 fully saturated rings. The van der Waals surface area contributed by atoms with Crippen LogP contribution in [0.2, 0.25) is 0 Å². The minimum absolute atomic E-state index is 0.146. The number of hydrogen-bond acceptors (Lipinski definition) is 5. The van der Waals surface area contributed by atoms with E-state index in [4.69, 9.17) is 10.5 Å². The predicted octanol–water partition coefficient (Wildman–Crippen LogP) is 1.85. The Bertz CT molecular complexity index is 501. The topological polar surface area (TPSA) is 107 Å². The van der Waals surface area contributed by atoms with Crippen LogP contribution in [-0.4, -0.2) is 30.0 Å². The molecule has 21 heavy (non-hydrogen) atoms. The number of hydrogen-bond donors (Lipinski definition) is 2. The summed E-state index contributed by atoms with van der Waals surface area (Å²) in [5.41, 5.74) is 5.53. The van der Waals surface area contributed by atoms with Gasteiger partial charge in [0.2, 0.25) is 0 Å². The second kappa shape index (κ2) is 8.21. The first-order valence-electron chi connectivity index (χ1n) is 6.95. The van der Waals surface area contributed by atoms with Gasteiger partial charge in [-0.2, -0.15) is 0 Å². The highest BCUT2D eigenvalue weighted by molar-refractivity contribution is 5.95. The maximum atomic E-state index is 12.0. The van der Waals surface area contributed by atoms with Crippen molar-refractivity contribution in [1.82, 2.24) is 5.32 Å². The lowest BCUT2D eigenvalue weighted by Gasteiger charge is -2.14. The fraction of sp³-hybridized carbons (Fsp3) is 0.500. The number of nitrogens with zero attached hydrogens (tertiary/aromatic N) is 1. The normalized spacial score (nSPS) is 11.8. The summed E-state index contributed by atoms with van der Waals surface area (Å²) in [5, 5.41) is 13.8. The van der Waals surface area contributed by atoms with Gasteiger partial charge >= 0.3 is 5.69 Å². The molecule has 3 N–H and O–H groups in total. The Labute approximate surface area is 123 Å². The van der Waals surface area contributed by atoms with Crippen molar-refractivity contribution in [3.8, 4) is 5.75 Å². The molecule has 116 valence electrons. The van der Waals surface area contributed by atoms with Crippen LogP contribution < -0.4 is 15.8 Å². The zero-order chi connectivity index (χ0) is 15.8. The number of amides is 1. The van der Waals surface area contributed by atoms with Gasteiger partial charge in [-0.05, 0) is 25.0 Å². The zero-order valence-corrected chi connectivity index (χ0v) is 12.3. The molecule has 0 aliphatic rings. The average Bonchev–Trinajstić information content (AvgIpc) is 2.49. The number of ether oxygens (including phenoxy) is 1. The molecule has 0 aromatic heterocycles. The van der Waals surface area contributed by atoms with E-state index in [0.717, 1.165) is 6.42 Å². The van der Waals surface area contributed by atoms with Gasteiger partial charge in [-0.25, -0.2) is 0 Å². The lowest BCUT2D eigenvalue weighted by Crippen LogP contribution is -2.39. The van der Waals surface area contributed by atoms with Gasteiger partial charge < -0.3 is 15.8 Å². The molecule has 0 bridgehead atoms. The van der Waals surface area contributed by atoms with E-state index in [1.807, 2.05) is 13.8 Å². The summed E-state index contributed by atoms with van der Waals surface area (Å²) in [6.07, 6.45) is 1.44. The Morgan fingerprint density at radius 3 is 2.71 bits per heavy atom. The minimum Gasteiger partial charge on any atom is -0.487 e. The van der Waals surface area contributed by atoms with Gasteiger partial charge in [-0.15, -0.1) is 0 Å². The molecule has 0 radical (unpaired) electrons. The number of nitro benzene ring substituents is 1. The third-order valence-corrected chi connectivity index (χ3v) is 2.99. The maximum absolute atomic E-state index is 12.0. The Kier molecular flexibility index (Phi) is 6.61. The molecule has 1 amide bonds. The van der Waals surface area contributed by atoms with Crippen LogP contribution in [0.5, 0.6) is 5.75 Å². The Morgan fingerprint density at radius 1 is 1.48 bits per heavy atom. The molecule has 1 unspecified atom stereocenters. The van der Waals surface area contributed by atoms with E-state index < -0.39 is 4.92 Å². The summed E-state index contributed by atoms with van der Waals surface area (Å²) >= 11 is 0. The van der Waals surface area contributed by atoms with Crippen LogP contribution in [0, 0.1) is 10.1 Å². The van der Waals surface area contributed by atoms with Crippen molar-refractivity contribution in [2.75, 3.05) is 13.2 Å². The number of rotatable bonds is 8. The quantitative estimate of drug-likeness (QED) is 0.562. The molecule has 0 aliphatic heterocycles. The van der Waals surface area contributed by atoms with Gasteiger partial charge in [0.05, 0.1) is 11.5 Å². The van der Waals surface area contributed by atoms with Crippen LogP contribution in [0.3, 0.4) is 0 Å². The van der Waals surface area contributed by atoms with E-state index in [0.29, 0.717) is 19.6 Å². The van der Waals surface area contributed by atoms with Crippen molar-refractivity contribution in [1.29, 1.82) is 0 Å². The van der Waals surface area contributed by atoms with E-state index in [2.05, 4.69) is 5.32 Å². The lowest BCUT2D eigenvalue weighted by molar-refractivity contribution is -0.385. The third-order valence-electron chi connectivity index (χ3n) is 2.99. The zero-order valence-electron chi connectivity index (χ0n) is 12.3. The number of nitrogens with one attached hydrogen (secondary N) is 1. The van der Waals surface area contributed by atoms with Gasteiger partial charge in [0.1, 0.15) is 0 Å². The van der Waals surface area contributed by atoms with Crippen molar-refractivity contribution in [2.45, 2.75) is 32.7 Å². The number of carbonyl (C=O) groups excluding carboxylic acids is 1. The SMILES string of the molecule is CCCOc1ccc(C(=O)NC(CC)CN)cc1[N+](=O)[O-]. The van der Waals surface area contributed by atoms with Crippen molar-refractivity contribution in [3.63, 3.8) is 0 Å². The van der Waals surface area contributed by atoms with Crippen molar-refractivity contribution in [3.05, 3.63) is 33.9 Å². The highest BCUT2D eigenvalue weighted by Crippen LogP contribution is 2.28. The first-order chi connectivity index (χ1) is 10.0. The molecule has 1 rings (SSSR count). The molecule has 1 aromatic rings. The van der Waals surface area contributed by atoms with E-state index in [1.165, 1.54) is 18.2 Å². The fourth-order valence-electron chi connectivity index (χ4n) is 1.73. The van der Waals surface area contributed by atoms with Gasteiger partial charge in [-0.3, -0.25) is 14.9 Å². The lowest BCUT2D eigenvalue weighted by atomic mass is 10.1. The summed E-state index contributed by atoms with van der Waals surface area (Å²) in [5.74, 6) is -0.207. The molecule has 0 spiro atoms. The van der Waals surface area contributed by atoms with Crippen LogP contribution >= 0.6 is 0 Å². The molecule has 7 heteroatoms. The molecule has 1 aromatic carbocycles. The molecule has 1 atom stereocenters.